The molecule has 1 N–H and O–H groups in total. The van der Waals surface area contributed by atoms with E-state index in [1.807, 2.05) is 55.5 Å². The first-order chi connectivity index (χ1) is 12.6. The van der Waals surface area contributed by atoms with Crippen molar-refractivity contribution in [2.75, 3.05) is 43.4 Å². The van der Waals surface area contributed by atoms with E-state index in [0.29, 0.717) is 5.02 Å². The quantitative estimate of drug-likeness (QED) is 0.854. The molecule has 1 unspecified atom stereocenters. The Labute approximate surface area is 160 Å². The first-order valence-electron chi connectivity index (χ1n) is 9.17. The summed E-state index contributed by atoms with van der Waals surface area (Å²) in [5, 5.41) is 3.76. The molecule has 1 saturated heterocycles. The molecule has 0 bridgehead atoms. The van der Waals surface area contributed by atoms with E-state index in [9.17, 15) is 4.79 Å². The van der Waals surface area contributed by atoms with Crippen LogP contribution < -0.4 is 10.2 Å². The number of carbonyl (C=O) groups excluding carboxylic acids is 1. The molecule has 1 aliphatic rings. The van der Waals surface area contributed by atoms with Gasteiger partial charge in [-0.15, -0.1) is 0 Å². The van der Waals surface area contributed by atoms with Gasteiger partial charge in [0.05, 0.1) is 17.3 Å². The molecule has 4 nitrogen and oxygen atoms in total. The van der Waals surface area contributed by atoms with Gasteiger partial charge in [0.15, 0.2) is 0 Å². The van der Waals surface area contributed by atoms with Crippen LogP contribution in [0.1, 0.15) is 24.8 Å². The van der Waals surface area contributed by atoms with Gasteiger partial charge in [0.2, 0.25) is 5.91 Å². The summed E-state index contributed by atoms with van der Waals surface area (Å²) >= 11 is 6.21. The fourth-order valence-corrected chi connectivity index (χ4v) is 3.58. The minimum absolute atomic E-state index is 0.0105. The maximum absolute atomic E-state index is 13.0. The monoisotopic (exact) mass is 371 g/mol. The van der Waals surface area contributed by atoms with Crippen molar-refractivity contribution in [3.8, 4) is 0 Å². The third-order valence-electron chi connectivity index (χ3n) is 4.99. The van der Waals surface area contributed by atoms with Crippen molar-refractivity contribution in [2.45, 2.75) is 19.3 Å². The van der Waals surface area contributed by atoms with Crippen molar-refractivity contribution in [2.24, 2.45) is 0 Å². The number of amides is 1. The molecular formula is C21H26ClN3O. The Morgan fingerprint density at radius 2 is 1.81 bits per heavy atom. The Bertz CT molecular complexity index is 742. The normalized spacial score (nSPS) is 16.3. The van der Waals surface area contributed by atoms with Crippen molar-refractivity contribution in [3.05, 3.63) is 59.1 Å². The van der Waals surface area contributed by atoms with Crippen molar-refractivity contribution < 1.29 is 4.79 Å². The number of hydrogen-bond acceptors (Lipinski definition) is 3. The van der Waals surface area contributed by atoms with Gasteiger partial charge in [0.1, 0.15) is 0 Å². The van der Waals surface area contributed by atoms with Gasteiger partial charge in [-0.25, -0.2) is 0 Å². The second-order valence-corrected chi connectivity index (χ2v) is 7.25. The van der Waals surface area contributed by atoms with Crippen LogP contribution >= 0.6 is 11.6 Å². The molecule has 0 aromatic heterocycles. The lowest BCUT2D eigenvalue weighted by atomic mass is 9.95. The zero-order valence-corrected chi connectivity index (χ0v) is 16.2. The SMILES string of the molecule is CCC(C(=O)Nc1cc(Cl)ccc1N1CCN(C)CC1)c1ccccc1. The summed E-state index contributed by atoms with van der Waals surface area (Å²) in [7, 11) is 2.13. The fraction of sp³-hybridized carbons (Fsp3) is 0.381. The number of hydrogen-bond donors (Lipinski definition) is 1. The first kappa shape index (κ1) is 18.7. The van der Waals surface area contributed by atoms with Crippen LogP contribution in [0, 0.1) is 0 Å². The van der Waals surface area contributed by atoms with Gasteiger partial charge < -0.3 is 15.1 Å². The molecule has 26 heavy (non-hydrogen) atoms. The molecule has 3 rings (SSSR count). The standard InChI is InChI=1S/C21H26ClN3O/c1-3-18(16-7-5-4-6-8-16)21(26)23-19-15-17(22)9-10-20(19)25-13-11-24(2)12-14-25/h4-10,15,18H,3,11-14H2,1-2H3,(H,23,26). The zero-order chi connectivity index (χ0) is 18.5. The van der Waals surface area contributed by atoms with E-state index in [0.717, 1.165) is 49.5 Å². The summed E-state index contributed by atoms with van der Waals surface area (Å²) in [6.45, 7) is 5.94. The average Bonchev–Trinajstić information content (AvgIpc) is 2.64. The molecule has 2 aromatic carbocycles. The number of halogens is 1. The van der Waals surface area contributed by atoms with Crippen LogP contribution in [0.15, 0.2) is 48.5 Å². The lowest BCUT2D eigenvalue weighted by Crippen LogP contribution is -2.44. The number of nitrogens with zero attached hydrogens (tertiary/aromatic N) is 2. The Balaban J connectivity index is 1.82. The van der Waals surface area contributed by atoms with Crippen LogP contribution in [-0.4, -0.2) is 44.0 Å². The van der Waals surface area contributed by atoms with Gasteiger partial charge in [0, 0.05) is 31.2 Å². The van der Waals surface area contributed by atoms with Gasteiger partial charge in [-0.05, 0) is 37.2 Å². The third kappa shape index (κ3) is 4.37. The van der Waals surface area contributed by atoms with Crippen LogP contribution in [0.5, 0.6) is 0 Å². The highest BCUT2D eigenvalue weighted by molar-refractivity contribution is 6.31. The highest BCUT2D eigenvalue weighted by atomic mass is 35.5. The highest BCUT2D eigenvalue weighted by Crippen LogP contribution is 2.31. The number of nitrogens with one attached hydrogen (secondary N) is 1. The molecule has 0 radical (unpaired) electrons. The smallest absolute Gasteiger partial charge is 0.231 e. The van der Waals surface area contributed by atoms with E-state index < -0.39 is 0 Å². The Hall–Kier alpha value is -2.04. The summed E-state index contributed by atoms with van der Waals surface area (Å²) in [4.78, 5) is 17.6. The lowest BCUT2D eigenvalue weighted by Gasteiger charge is -2.35. The van der Waals surface area contributed by atoms with Crippen LogP contribution in [0.25, 0.3) is 0 Å². The molecule has 1 fully saturated rings. The first-order valence-corrected chi connectivity index (χ1v) is 9.55. The van der Waals surface area contributed by atoms with E-state index in [-0.39, 0.29) is 11.8 Å². The number of piperazine rings is 1. The van der Waals surface area contributed by atoms with Gasteiger partial charge in [-0.2, -0.15) is 0 Å². The van der Waals surface area contributed by atoms with Gasteiger partial charge in [0.25, 0.3) is 0 Å². The van der Waals surface area contributed by atoms with Crippen LogP contribution in [0.4, 0.5) is 11.4 Å². The van der Waals surface area contributed by atoms with Crippen LogP contribution in [0.3, 0.4) is 0 Å². The van der Waals surface area contributed by atoms with Crippen molar-refractivity contribution >= 4 is 28.9 Å². The zero-order valence-electron chi connectivity index (χ0n) is 15.4. The summed E-state index contributed by atoms with van der Waals surface area (Å²) in [5.74, 6) is -0.160. The Kier molecular flexibility index (Phi) is 6.17. The topological polar surface area (TPSA) is 35.6 Å². The van der Waals surface area contributed by atoms with E-state index in [4.69, 9.17) is 11.6 Å². The second-order valence-electron chi connectivity index (χ2n) is 6.81. The predicted octanol–water partition coefficient (Wildman–Crippen LogP) is 4.22. The Morgan fingerprint density at radius 3 is 2.46 bits per heavy atom. The highest BCUT2D eigenvalue weighted by Gasteiger charge is 2.22. The van der Waals surface area contributed by atoms with E-state index >= 15 is 0 Å². The van der Waals surface area contributed by atoms with E-state index in [1.165, 1.54) is 0 Å². The minimum Gasteiger partial charge on any atom is -0.367 e. The van der Waals surface area contributed by atoms with E-state index in [1.54, 1.807) is 0 Å². The largest absolute Gasteiger partial charge is 0.367 e. The molecule has 138 valence electrons. The number of rotatable bonds is 5. The molecule has 0 aliphatic carbocycles. The van der Waals surface area contributed by atoms with Gasteiger partial charge >= 0.3 is 0 Å². The van der Waals surface area contributed by atoms with Gasteiger partial charge in [-0.3, -0.25) is 4.79 Å². The van der Waals surface area contributed by atoms with Crippen molar-refractivity contribution in [1.29, 1.82) is 0 Å². The Morgan fingerprint density at radius 1 is 1.12 bits per heavy atom. The van der Waals surface area contributed by atoms with E-state index in [2.05, 4.69) is 22.2 Å². The van der Waals surface area contributed by atoms with Crippen LogP contribution in [-0.2, 0) is 4.79 Å². The second kappa shape index (κ2) is 8.56. The molecule has 0 saturated carbocycles. The molecule has 1 heterocycles. The molecule has 2 aromatic rings. The molecule has 5 heteroatoms. The predicted molar refractivity (Wildman–Crippen MR) is 109 cm³/mol. The molecular weight excluding hydrogens is 346 g/mol. The summed E-state index contributed by atoms with van der Waals surface area (Å²) < 4.78 is 0. The summed E-state index contributed by atoms with van der Waals surface area (Å²) in [6, 6.07) is 15.7. The van der Waals surface area contributed by atoms with Crippen LogP contribution in [0.2, 0.25) is 5.02 Å². The third-order valence-corrected chi connectivity index (χ3v) is 5.22. The number of likely N-dealkylation sites (N-methyl/N-ethyl adjacent to an activating group) is 1. The average molecular weight is 372 g/mol. The molecule has 0 spiro atoms. The summed E-state index contributed by atoms with van der Waals surface area (Å²) in [6.07, 6.45) is 0.750. The lowest BCUT2D eigenvalue weighted by molar-refractivity contribution is -0.117. The fourth-order valence-electron chi connectivity index (χ4n) is 3.41. The minimum atomic E-state index is -0.171. The molecule has 1 aliphatic heterocycles. The maximum atomic E-state index is 13.0. The molecule has 1 amide bonds. The number of anilines is 2. The summed E-state index contributed by atoms with van der Waals surface area (Å²) in [5.41, 5.74) is 2.87. The molecule has 1 atom stereocenters. The van der Waals surface area contributed by atoms with Gasteiger partial charge in [-0.1, -0.05) is 48.9 Å². The maximum Gasteiger partial charge on any atom is 0.231 e. The number of benzene rings is 2. The number of carbonyl (C=O) groups is 1. The van der Waals surface area contributed by atoms with Crippen molar-refractivity contribution in [1.82, 2.24) is 4.90 Å². The van der Waals surface area contributed by atoms with Crippen molar-refractivity contribution in [3.63, 3.8) is 0 Å².